The van der Waals surface area contributed by atoms with E-state index in [1.807, 2.05) is 0 Å². The van der Waals surface area contributed by atoms with Gasteiger partial charge in [0.05, 0.1) is 12.0 Å². The summed E-state index contributed by atoms with van der Waals surface area (Å²) >= 11 is 9.08. The molecular weight excluding hydrogens is 344 g/mol. The van der Waals surface area contributed by atoms with Crippen molar-refractivity contribution in [1.82, 2.24) is 9.71 Å². The van der Waals surface area contributed by atoms with Gasteiger partial charge in [0.25, 0.3) is 0 Å². The number of hydrogen-bond acceptors (Lipinski definition) is 4. The molecule has 18 heavy (non-hydrogen) atoms. The zero-order valence-corrected chi connectivity index (χ0v) is 12.9. The predicted octanol–water partition coefficient (Wildman–Crippen LogP) is 1.77. The fraction of sp³-hybridized carbons (Fsp3) is 0.500. The van der Waals surface area contributed by atoms with Crippen LogP contribution in [0.3, 0.4) is 0 Å². The van der Waals surface area contributed by atoms with Crippen molar-refractivity contribution in [3.8, 4) is 0 Å². The molecule has 1 heterocycles. The molecule has 1 aromatic rings. The summed E-state index contributed by atoms with van der Waals surface area (Å²) in [5.41, 5.74) is 0. The Labute approximate surface area is 120 Å². The zero-order valence-electron chi connectivity index (χ0n) is 9.77. The van der Waals surface area contributed by atoms with Crippen molar-refractivity contribution in [2.75, 3.05) is 20.3 Å². The molecule has 0 aliphatic carbocycles. The Bertz CT molecular complexity index is 484. The normalized spacial score (nSPS) is 13.5. The number of rotatable bonds is 7. The largest absolute Gasteiger partial charge is 0.383 e. The van der Waals surface area contributed by atoms with Crippen molar-refractivity contribution in [3.05, 3.63) is 22.9 Å². The monoisotopic (exact) mass is 356 g/mol. The van der Waals surface area contributed by atoms with E-state index in [2.05, 4.69) is 25.6 Å². The van der Waals surface area contributed by atoms with E-state index >= 15 is 0 Å². The lowest BCUT2D eigenvalue weighted by atomic mass is 10.3. The summed E-state index contributed by atoms with van der Waals surface area (Å²) in [5.74, 6) is 0. The summed E-state index contributed by atoms with van der Waals surface area (Å²) < 4.78 is 31.7. The number of ether oxygens (including phenoxy) is 1. The third kappa shape index (κ3) is 5.19. The first-order chi connectivity index (χ1) is 8.45. The van der Waals surface area contributed by atoms with Gasteiger partial charge in [-0.2, -0.15) is 0 Å². The molecule has 1 atom stereocenters. The van der Waals surface area contributed by atoms with E-state index in [0.717, 1.165) is 0 Å². The highest BCUT2D eigenvalue weighted by molar-refractivity contribution is 9.10. The van der Waals surface area contributed by atoms with Crippen LogP contribution in [-0.4, -0.2) is 39.0 Å². The minimum Gasteiger partial charge on any atom is -0.383 e. The number of methoxy groups -OCH3 is 1. The number of pyridine rings is 1. The smallest absolute Gasteiger partial charge is 0.242 e. The molecule has 0 amide bonds. The molecule has 1 aromatic heterocycles. The van der Waals surface area contributed by atoms with Gasteiger partial charge in [-0.3, -0.25) is 4.98 Å². The summed E-state index contributed by atoms with van der Waals surface area (Å²) in [4.78, 5) is 3.93. The van der Waals surface area contributed by atoms with E-state index in [1.165, 1.54) is 18.5 Å². The van der Waals surface area contributed by atoms with Crippen LogP contribution in [-0.2, 0) is 14.8 Å². The number of sulfonamides is 1. The molecule has 1 unspecified atom stereocenters. The first-order valence-electron chi connectivity index (χ1n) is 5.19. The maximum atomic E-state index is 11.9. The first-order valence-corrected chi connectivity index (χ1v) is 7.90. The second-order valence-corrected chi connectivity index (χ2v) is 6.88. The molecule has 0 aliphatic rings. The molecule has 8 heteroatoms. The maximum absolute atomic E-state index is 11.9. The molecule has 0 fully saturated rings. The van der Waals surface area contributed by atoms with Crippen LogP contribution in [0, 0.1) is 0 Å². The Balaban J connectivity index is 2.55. The number of alkyl halides is 1. The number of nitrogens with zero attached hydrogens (tertiary/aromatic N) is 1. The minimum atomic E-state index is -3.54. The van der Waals surface area contributed by atoms with Crippen LogP contribution in [0.4, 0.5) is 0 Å². The van der Waals surface area contributed by atoms with Gasteiger partial charge in [-0.05, 0) is 28.4 Å². The molecule has 0 saturated carbocycles. The molecule has 0 spiro atoms. The van der Waals surface area contributed by atoms with Gasteiger partial charge in [0.2, 0.25) is 10.0 Å². The van der Waals surface area contributed by atoms with Gasteiger partial charge in [-0.25, -0.2) is 13.1 Å². The lowest BCUT2D eigenvalue weighted by molar-refractivity contribution is 0.196. The van der Waals surface area contributed by atoms with E-state index in [1.54, 1.807) is 7.11 Å². The van der Waals surface area contributed by atoms with Gasteiger partial charge >= 0.3 is 0 Å². The van der Waals surface area contributed by atoms with Gasteiger partial charge < -0.3 is 4.74 Å². The third-order valence-corrected chi connectivity index (χ3v) is 4.29. The number of nitrogens with one attached hydrogen (secondary N) is 1. The standard InChI is InChI=1S/C10H14BrClN2O3S/c1-17-7-9(12)2-3-14-18(15,16)10-4-8(11)5-13-6-10/h4-6,9,14H,2-3,7H2,1H3. The van der Waals surface area contributed by atoms with Crippen LogP contribution in [0.15, 0.2) is 27.8 Å². The van der Waals surface area contributed by atoms with Crippen molar-refractivity contribution in [1.29, 1.82) is 0 Å². The average molecular weight is 358 g/mol. The highest BCUT2D eigenvalue weighted by atomic mass is 79.9. The van der Waals surface area contributed by atoms with Crippen LogP contribution in [0.25, 0.3) is 0 Å². The zero-order chi connectivity index (χ0) is 13.6. The van der Waals surface area contributed by atoms with Crippen molar-refractivity contribution in [3.63, 3.8) is 0 Å². The molecule has 1 N–H and O–H groups in total. The molecule has 5 nitrogen and oxygen atoms in total. The van der Waals surface area contributed by atoms with Crippen LogP contribution in [0.1, 0.15) is 6.42 Å². The van der Waals surface area contributed by atoms with Crippen molar-refractivity contribution >= 4 is 37.6 Å². The van der Waals surface area contributed by atoms with Crippen LogP contribution in [0.5, 0.6) is 0 Å². The van der Waals surface area contributed by atoms with Gasteiger partial charge in [0.15, 0.2) is 0 Å². The van der Waals surface area contributed by atoms with Gasteiger partial charge in [0.1, 0.15) is 4.90 Å². The summed E-state index contributed by atoms with van der Waals surface area (Å²) in [5, 5.41) is -0.210. The summed E-state index contributed by atoms with van der Waals surface area (Å²) in [6.07, 6.45) is 3.31. The van der Waals surface area contributed by atoms with Gasteiger partial charge in [-0.15, -0.1) is 11.6 Å². The van der Waals surface area contributed by atoms with E-state index < -0.39 is 10.0 Å². The lowest BCUT2D eigenvalue weighted by Crippen LogP contribution is -2.27. The molecule has 0 aromatic carbocycles. The van der Waals surface area contributed by atoms with E-state index in [0.29, 0.717) is 17.5 Å². The Morgan fingerprint density at radius 1 is 1.56 bits per heavy atom. The second kappa shape index (κ2) is 7.40. The van der Waals surface area contributed by atoms with Gasteiger partial charge in [0, 0.05) is 30.5 Å². The Morgan fingerprint density at radius 3 is 2.89 bits per heavy atom. The van der Waals surface area contributed by atoms with Crippen molar-refractivity contribution < 1.29 is 13.2 Å². The SMILES string of the molecule is COCC(Cl)CCNS(=O)(=O)c1cncc(Br)c1. The highest BCUT2D eigenvalue weighted by Gasteiger charge is 2.15. The fourth-order valence-corrected chi connectivity index (χ4v) is 3.02. The molecule has 102 valence electrons. The summed E-state index contributed by atoms with van der Waals surface area (Å²) in [6.45, 7) is 0.647. The number of halogens is 2. The highest BCUT2D eigenvalue weighted by Crippen LogP contribution is 2.14. The van der Waals surface area contributed by atoms with E-state index in [-0.39, 0.29) is 16.8 Å². The fourth-order valence-electron chi connectivity index (χ4n) is 1.24. The van der Waals surface area contributed by atoms with Crippen LogP contribution >= 0.6 is 27.5 Å². The molecule has 0 bridgehead atoms. The number of hydrogen-bond donors (Lipinski definition) is 1. The first kappa shape index (κ1) is 15.8. The topological polar surface area (TPSA) is 68.3 Å². The second-order valence-electron chi connectivity index (χ2n) is 3.58. The maximum Gasteiger partial charge on any atom is 0.242 e. The third-order valence-electron chi connectivity index (χ3n) is 2.09. The van der Waals surface area contributed by atoms with Crippen LogP contribution < -0.4 is 4.72 Å². The van der Waals surface area contributed by atoms with Gasteiger partial charge in [-0.1, -0.05) is 0 Å². The Kier molecular flexibility index (Phi) is 6.51. The van der Waals surface area contributed by atoms with Crippen LogP contribution in [0.2, 0.25) is 0 Å². The van der Waals surface area contributed by atoms with Crippen molar-refractivity contribution in [2.45, 2.75) is 16.7 Å². The molecule has 0 radical (unpaired) electrons. The summed E-state index contributed by atoms with van der Waals surface area (Å²) in [7, 11) is -1.99. The Morgan fingerprint density at radius 2 is 2.28 bits per heavy atom. The average Bonchev–Trinajstić information content (AvgIpc) is 2.29. The van der Waals surface area contributed by atoms with Crippen molar-refractivity contribution in [2.24, 2.45) is 0 Å². The Hall–Kier alpha value is -0.210. The summed E-state index contributed by atoms with van der Waals surface area (Å²) in [6, 6.07) is 1.49. The minimum absolute atomic E-state index is 0.120. The molecular formula is C10H14BrClN2O3S. The number of aromatic nitrogens is 1. The predicted molar refractivity (Wildman–Crippen MR) is 73.3 cm³/mol. The quantitative estimate of drug-likeness (QED) is 0.755. The van der Waals surface area contributed by atoms with E-state index in [4.69, 9.17) is 16.3 Å². The molecule has 1 rings (SSSR count). The van der Waals surface area contributed by atoms with E-state index in [9.17, 15) is 8.42 Å². The molecule has 0 saturated heterocycles. The molecule has 0 aliphatic heterocycles. The lowest BCUT2D eigenvalue weighted by Gasteiger charge is -2.09.